The summed E-state index contributed by atoms with van der Waals surface area (Å²) < 4.78 is 5.43. The van der Waals surface area contributed by atoms with Gasteiger partial charge in [-0.3, -0.25) is 4.79 Å². The predicted octanol–water partition coefficient (Wildman–Crippen LogP) is 2.59. The van der Waals surface area contributed by atoms with Crippen molar-refractivity contribution < 1.29 is 9.32 Å². The number of amides is 1. The van der Waals surface area contributed by atoms with Crippen molar-refractivity contribution in [3.05, 3.63) is 47.3 Å². The van der Waals surface area contributed by atoms with Gasteiger partial charge in [-0.1, -0.05) is 37.2 Å². The molecule has 1 aliphatic rings. The Balaban J connectivity index is 1.46. The highest BCUT2D eigenvalue weighted by molar-refractivity contribution is 5.81. The van der Waals surface area contributed by atoms with Crippen molar-refractivity contribution in [2.45, 2.75) is 46.6 Å². The van der Waals surface area contributed by atoms with E-state index in [0.29, 0.717) is 25.5 Å². The third-order valence-electron chi connectivity index (χ3n) is 5.73. The van der Waals surface area contributed by atoms with E-state index in [4.69, 9.17) is 4.52 Å². The maximum absolute atomic E-state index is 12.7. The van der Waals surface area contributed by atoms with Crippen molar-refractivity contribution in [3.63, 3.8) is 0 Å². The maximum Gasteiger partial charge on any atom is 0.224 e. The van der Waals surface area contributed by atoms with E-state index in [0.717, 1.165) is 62.6 Å². The molecule has 0 saturated carbocycles. The number of carbonyl (C=O) groups excluding carboxylic acids is 1. The molecule has 1 aromatic carbocycles. The number of piperazine rings is 1. The maximum atomic E-state index is 12.7. The summed E-state index contributed by atoms with van der Waals surface area (Å²) in [5.74, 6) is 1.78. The van der Waals surface area contributed by atoms with Crippen LogP contribution in [0.1, 0.15) is 44.2 Å². The number of para-hydroxylation sites is 1. The van der Waals surface area contributed by atoms with Crippen LogP contribution in [0.4, 0.5) is 5.69 Å². The van der Waals surface area contributed by atoms with Crippen molar-refractivity contribution in [2.24, 2.45) is 4.99 Å². The van der Waals surface area contributed by atoms with E-state index in [-0.39, 0.29) is 5.91 Å². The number of carbonyl (C=O) groups is 1. The van der Waals surface area contributed by atoms with Crippen LogP contribution in [0, 0.1) is 0 Å². The van der Waals surface area contributed by atoms with E-state index < -0.39 is 0 Å². The molecule has 1 fully saturated rings. The predicted molar refractivity (Wildman–Crippen MR) is 128 cm³/mol. The highest BCUT2D eigenvalue weighted by Gasteiger charge is 2.21. The van der Waals surface area contributed by atoms with Crippen LogP contribution in [0.15, 0.2) is 39.8 Å². The van der Waals surface area contributed by atoms with Gasteiger partial charge in [-0.15, -0.1) is 0 Å². The fourth-order valence-corrected chi connectivity index (χ4v) is 3.92. The lowest BCUT2D eigenvalue weighted by Crippen LogP contribution is -2.49. The van der Waals surface area contributed by atoms with E-state index in [1.807, 2.05) is 17.9 Å². The number of anilines is 1. The molecule has 32 heavy (non-hydrogen) atoms. The Kier molecular flexibility index (Phi) is 8.95. The molecular weight excluding hydrogens is 404 g/mol. The zero-order valence-electron chi connectivity index (χ0n) is 19.6. The smallest absolute Gasteiger partial charge is 0.224 e. The quantitative estimate of drug-likeness (QED) is 0.461. The summed E-state index contributed by atoms with van der Waals surface area (Å²) in [5.41, 5.74) is 3.25. The molecule has 2 N–H and O–H groups in total. The first-order chi connectivity index (χ1) is 15.7. The van der Waals surface area contributed by atoms with Gasteiger partial charge in [0.1, 0.15) is 5.76 Å². The van der Waals surface area contributed by atoms with Gasteiger partial charge in [-0.2, -0.15) is 0 Å². The van der Waals surface area contributed by atoms with Crippen molar-refractivity contribution in [2.75, 3.05) is 44.2 Å². The van der Waals surface area contributed by atoms with E-state index >= 15 is 0 Å². The average Bonchev–Trinajstić information content (AvgIpc) is 3.25. The monoisotopic (exact) mass is 440 g/mol. The van der Waals surface area contributed by atoms with Crippen LogP contribution in [0.3, 0.4) is 0 Å². The Morgan fingerprint density at radius 1 is 1.06 bits per heavy atom. The highest BCUT2D eigenvalue weighted by atomic mass is 16.5. The number of aryl methyl sites for hydroxylation is 2. The number of hydrogen-bond donors (Lipinski definition) is 2. The van der Waals surface area contributed by atoms with Gasteiger partial charge in [0.05, 0.1) is 12.2 Å². The molecule has 0 atom stereocenters. The summed E-state index contributed by atoms with van der Waals surface area (Å²) in [6, 6.07) is 10.4. The average molecular weight is 441 g/mol. The zero-order chi connectivity index (χ0) is 22.8. The summed E-state index contributed by atoms with van der Waals surface area (Å²) >= 11 is 0. The van der Waals surface area contributed by atoms with Crippen LogP contribution in [0.2, 0.25) is 0 Å². The molecule has 1 aromatic heterocycles. The van der Waals surface area contributed by atoms with Crippen molar-refractivity contribution >= 4 is 17.6 Å². The van der Waals surface area contributed by atoms with Gasteiger partial charge in [-0.05, 0) is 25.5 Å². The van der Waals surface area contributed by atoms with Crippen LogP contribution in [0.5, 0.6) is 0 Å². The second kappa shape index (κ2) is 12.1. The first-order valence-electron chi connectivity index (χ1n) is 11.7. The van der Waals surface area contributed by atoms with Crippen LogP contribution in [-0.4, -0.2) is 61.2 Å². The molecule has 0 unspecified atom stereocenters. The second-order valence-electron chi connectivity index (χ2n) is 7.81. The number of nitrogens with one attached hydrogen (secondary N) is 2. The summed E-state index contributed by atoms with van der Waals surface area (Å²) in [7, 11) is 0. The number of aromatic nitrogens is 1. The largest absolute Gasteiger partial charge is 0.368 e. The Bertz CT molecular complexity index is 850. The molecule has 0 bridgehead atoms. The third kappa shape index (κ3) is 6.24. The topological polar surface area (TPSA) is 86.0 Å². The van der Waals surface area contributed by atoms with Gasteiger partial charge in [0.2, 0.25) is 5.91 Å². The standard InChI is InChI=1S/C24H36N6O2/c1-4-21-20(22(5-2)32-28-21)18-27-24(25-6-3)26-13-12-23(31)30-16-14-29(15-17-30)19-10-8-7-9-11-19/h7-11H,4-6,12-18H2,1-3H3,(H2,25,26,27). The van der Waals surface area contributed by atoms with Crippen LogP contribution >= 0.6 is 0 Å². The first kappa shape index (κ1) is 23.6. The van der Waals surface area contributed by atoms with Crippen molar-refractivity contribution in [3.8, 4) is 0 Å². The fraction of sp³-hybridized carbons (Fsp3) is 0.542. The number of rotatable bonds is 9. The number of aliphatic imine (C=N–C) groups is 1. The molecule has 1 aliphatic heterocycles. The van der Waals surface area contributed by atoms with Crippen molar-refractivity contribution in [1.82, 2.24) is 20.7 Å². The summed E-state index contributed by atoms with van der Waals surface area (Å²) in [5, 5.41) is 10.7. The molecule has 2 aromatic rings. The molecule has 8 nitrogen and oxygen atoms in total. The third-order valence-corrected chi connectivity index (χ3v) is 5.73. The first-order valence-corrected chi connectivity index (χ1v) is 11.7. The van der Waals surface area contributed by atoms with Crippen LogP contribution in [0.25, 0.3) is 0 Å². The molecule has 1 amide bonds. The number of guanidine groups is 1. The van der Waals surface area contributed by atoms with Crippen LogP contribution < -0.4 is 15.5 Å². The number of hydrogen-bond acceptors (Lipinski definition) is 5. The highest BCUT2D eigenvalue weighted by Crippen LogP contribution is 2.17. The molecule has 2 heterocycles. The Morgan fingerprint density at radius 3 is 2.47 bits per heavy atom. The van der Waals surface area contributed by atoms with Gasteiger partial charge in [0, 0.05) is 63.4 Å². The normalized spacial score (nSPS) is 14.5. The Labute approximate surface area is 191 Å². The van der Waals surface area contributed by atoms with Gasteiger partial charge in [0.15, 0.2) is 5.96 Å². The fourth-order valence-electron chi connectivity index (χ4n) is 3.92. The van der Waals surface area contributed by atoms with Crippen LogP contribution in [-0.2, 0) is 24.2 Å². The van der Waals surface area contributed by atoms with Gasteiger partial charge >= 0.3 is 0 Å². The van der Waals surface area contributed by atoms with E-state index in [2.05, 4.69) is 63.8 Å². The second-order valence-corrected chi connectivity index (χ2v) is 7.81. The number of nitrogens with zero attached hydrogens (tertiary/aromatic N) is 4. The summed E-state index contributed by atoms with van der Waals surface area (Å²) in [4.78, 5) is 21.7. The molecule has 0 radical (unpaired) electrons. The molecule has 174 valence electrons. The lowest BCUT2D eigenvalue weighted by molar-refractivity contribution is -0.131. The Morgan fingerprint density at radius 2 is 1.81 bits per heavy atom. The minimum Gasteiger partial charge on any atom is -0.368 e. The molecule has 3 rings (SSSR count). The van der Waals surface area contributed by atoms with Gasteiger partial charge in [-0.25, -0.2) is 4.99 Å². The molecule has 0 spiro atoms. The van der Waals surface area contributed by atoms with Gasteiger partial charge in [0.25, 0.3) is 0 Å². The molecule has 8 heteroatoms. The summed E-state index contributed by atoms with van der Waals surface area (Å²) in [6.45, 7) is 11.2. The Hall–Kier alpha value is -3.03. The zero-order valence-corrected chi connectivity index (χ0v) is 19.6. The summed E-state index contributed by atoms with van der Waals surface area (Å²) in [6.07, 6.45) is 2.07. The minimum atomic E-state index is 0.182. The lowest BCUT2D eigenvalue weighted by Gasteiger charge is -2.36. The minimum absolute atomic E-state index is 0.182. The molecule has 0 aliphatic carbocycles. The van der Waals surface area contributed by atoms with Crippen molar-refractivity contribution in [1.29, 1.82) is 0 Å². The molecular formula is C24H36N6O2. The number of benzene rings is 1. The lowest BCUT2D eigenvalue weighted by atomic mass is 10.1. The van der Waals surface area contributed by atoms with Gasteiger partial charge < -0.3 is 25.0 Å². The molecule has 1 saturated heterocycles. The van der Waals surface area contributed by atoms with E-state index in [1.54, 1.807) is 0 Å². The van der Waals surface area contributed by atoms with E-state index in [9.17, 15) is 4.79 Å². The van der Waals surface area contributed by atoms with E-state index in [1.165, 1.54) is 5.69 Å². The SMILES string of the molecule is CCNC(=NCc1c(CC)noc1CC)NCCC(=O)N1CCN(c2ccccc2)CC1.